The first-order valence-electron chi connectivity index (χ1n) is 13.1. The van der Waals surface area contributed by atoms with Gasteiger partial charge in [0.2, 0.25) is 0 Å². The van der Waals surface area contributed by atoms with Crippen LogP contribution < -0.4 is 0 Å². The van der Waals surface area contributed by atoms with Crippen LogP contribution in [0.3, 0.4) is 0 Å². The molecule has 1 aromatic heterocycles. The van der Waals surface area contributed by atoms with Gasteiger partial charge in [0, 0.05) is 6.20 Å². The molecule has 4 aliphatic rings. The van der Waals surface area contributed by atoms with Crippen molar-refractivity contribution in [1.29, 1.82) is 5.26 Å². The molecule has 2 N–H and O–H groups in total. The average Bonchev–Trinajstić information content (AvgIpc) is 3.32. The summed E-state index contributed by atoms with van der Waals surface area (Å²) in [6, 6.07) is 2.14. The van der Waals surface area contributed by atoms with Crippen molar-refractivity contribution < 1.29 is 10.2 Å². The van der Waals surface area contributed by atoms with Gasteiger partial charge in [-0.15, -0.1) is 0 Å². The Balaban J connectivity index is 1.39. The zero-order valence-corrected chi connectivity index (χ0v) is 20.8. The molecule has 8 atom stereocenters. The highest BCUT2D eigenvalue weighted by Gasteiger charge is 2.61. The molecule has 33 heavy (non-hydrogen) atoms. The Hall–Kier alpha value is -1.64. The Morgan fingerprint density at radius 2 is 1.94 bits per heavy atom. The SMILES string of the molecule is CC(O)(Cn1cc(C#N)cn1)[C@H]1CC[C@H]2[C@@H]3CC=C4CC[C@](C)(O)CC[C@]4(C)[C@H]3CC[C@]12C. The van der Waals surface area contributed by atoms with Gasteiger partial charge in [-0.1, -0.05) is 25.5 Å². The normalized spacial score (nSPS) is 44.5. The Kier molecular flexibility index (Phi) is 5.38. The van der Waals surface area contributed by atoms with Crippen molar-refractivity contribution in [2.75, 3.05) is 0 Å². The minimum Gasteiger partial charge on any atom is -0.390 e. The molecule has 5 heteroatoms. The molecular weight excluding hydrogens is 410 g/mol. The number of allylic oxidation sites excluding steroid dienone is 2. The minimum absolute atomic E-state index is 0.133. The molecule has 0 spiro atoms. The lowest BCUT2D eigenvalue weighted by molar-refractivity contribution is -0.106. The third-order valence-corrected chi connectivity index (χ3v) is 10.7. The smallest absolute Gasteiger partial charge is 0.102 e. The lowest BCUT2D eigenvalue weighted by Gasteiger charge is -2.57. The number of hydrogen-bond acceptors (Lipinski definition) is 4. The average molecular weight is 452 g/mol. The topological polar surface area (TPSA) is 82.1 Å². The van der Waals surface area contributed by atoms with Crippen LogP contribution in [0.25, 0.3) is 0 Å². The van der Waals surface area contributed by atoms with Gasteiger partial charge in [-0.05, 0) is 106 Å². The summed E-state index contributed by atoms with van der Waals surface area (Å²) in [7, 11) is 0. The summed E-state index contributed by atoms with van der Waals surface area (Å²) in [5.41, 5.74) is 1.12. The summed E-state index contributed by atoms with van der Waals surface area (Å²) in [6.07, 6.45) is 15.6. The molecule has 3 saturated carbocycles. The van der Waals surface area contributed by atoms with Gasteiger partial charge in [0.15, 0.2) is 0 Å². The van der Waals surface area contributed by atoms with E-state index in [1.165, 1.54) is 19.3 Å². The van der Waals surface area contributed by atoms with Gasteiger partial charge in [0.1, 0.15) is 6.07 Å². The Morgan fingerprint density at radius 1 is 1.15 bits per heavy atom. The van der Waals surface area contributed by atoms with Gasteiger partial charge < -0.3 is 10.2 Å². The van der Waals surface area contributed by atoms with Crippen LogP contribution in [0.5, 0.6) is 0 Å². The molecule has 0 aromatic carbocycles. The predicted molar refractivity (Wildman–Crippen MR) is 128 cm³/mol. The molecule has 0 aliphatic heterocycles. The minimum atomic E-state index is -0.852. The number of rotatable bonds is 3. The highest BCUT2D eigenvalue weighted by atomic mass is 16.3. The quantitative estimate of drug-likeness (QED) is 0.617. The van der Waals surface area contributed by atoms with Gasteiger partial charge in [-0.2, -0.15) is 10.4 Å². The number of hydrogen-bond donors (Lipinski definition) is 2. The fraction of sp³-hybridized carbons (Fsp3) is 0.786. The van der Waals surface area contributed by atoms with Crippen molar-refractivity contribution in [2.45, 2.75) is 103 Å². The maximum atomic E-state index is 11.7. The van der Waals surface area contributed by atoms with Gasteiger partial charge in [0.25, 0.3) is 0 Å². The number of aliphatic hydroxyl groups is 2. The highest BCUT2D eigenvalue weighted by Crippen LogP contribution is 2.67. The maximum absolute atomic E-state index is 11.7. The summed E-state index contributed by atoms with van der Waals surface area (Å²) in [5, 5.41) is 35.9. The zero-order chi connectivity index (χ0) is 23.6. The molecule has 180 valence electrons. The second-order valence-electron chi connectivity index (χ2n) is 12.8. The predicted octanol–water partition coefficient (Wildman–Crippen LogP) is 5.23. The molecule has 5 rings (SSSR count). The maximum Gasteiger partial charge on any atom is 0.102 e. The second kappa shape index (κ2) is 7.68. The third-order valence-electron chi connectivity index (χ3n) is 10.7. The molecular formula is C28H41N3O2. The zero-order valence-electron chi connectivity index (χ0n) is 20.8. The van der Waals surface area contributed by atoms with E-state index in [4.69, 9.17) is 5.26 Å². The molecule has 1 unspecified atom stereocenters. The van der Waals surface area contributed by atoms with Crippen LogP contribution in [0, 0.1) is 45.8 Å². The Bertz CT molecular complexity index is 986. The Morgan fingerprint density at radius 3 is 2.67 bits per heavy atom. The molecule has 1 heterocycles. The molecule has 0 amide bonds. The van der Waals surface area contributed by atoms with Crippen LogP contribution in [0.15, 0.2) is 24.0 Å². The largest absolute Gasteiger partial charge is 0.390 e. The highest BCUT2D eigenvalue weighted by molar-refractivity contribution is 5.25. The molecule has 5 nitrogen and oxygen atoms in total. The lowest BCUT2D eigenvalue weighted by Crippen LogP contribution is -2.53. The molecule has 1 aromatic rings. The van der Waals surface area contributed by atoms with Crippen LogP contribution in [-0.4, -0.2) is 31.2 Å². The van der Waals surface area contributed by atoms with Crippen LogP contribution >= 0.6 is 0 Å². The molecule has 0 saturated heterocycles. The monoisotopic (exact) mass is 451 g/mol. The van der Waals surface area contributed by atoms with Crippen molar-refractivity contribution in [2.24, 2.45) is 34.5 Å². The number of nitrogens with zero attached hydrogens (tertiary/aromatic N) is 3. The van der Waals surface area contributed by atoms with E-state index >= 15 is 0 Å². The van der Waals surface area contributed by atoms with E-state index < -0.39 is 11.2 Å². The van der Waals surface area contributed by atoms with E-state index in [1.54, 1.807) is 22.6 Å². The lowest BCUT2D eigenvalue weighted by atomic mass is 9.48. The van der Waals surface area contributed by atoms with Gasteiger partial charge >= 0.3 is 0 Å². The summed E-state index contributed by atoms with van der Waals surface area (Å²) in [4.78, 5) is 0. The standard InChI is InChI=1S/C28H41N3O2/c1-25(32)11-9-20-5-6-21-22-7-8-24(28(4,33)18-31-17-19(15-29)16-30-31)27(22,3)12-10-23(21)26(20,2)14-13-25/h5,16-17,21-24,32-33H,6-14,18H2,1-4H3/t21-,22-,23-,24-,25-,26-,27-,28?/m0/s1. The summed E-state index contributed by atoms with van der Waals surface area (Å²) < 4.78 is 1.74. The molecule has 4 aliphatic carbocycles. The van der Waals surface area contributed by atoms with Gasteiger partial charge in [-0.3, -0.25) is 4.68 Å². The van der Waals surface area contributed by atoms with E-state index in [2.05, 4.69) is 31.1 Å². The molecule has 0 bridgehead atoms. The van der Waals surface area contributed by atoms with E-state index in [0.717, 1.165) is 38.5 Å². The first-order valence-corrected chi connectivity index (χ1v) is 13.1. The van der Waals surface area contributed by atoms with Crippen molar-refractivity contribution in [3.05, 3.63) is 29.6 Å². The first-order chi connectivity index (χ1) is 15.5. The second-order valence-corrected chi connectivity index (χ2v) is 12.8. The number of aromatic nitrogens is 2. The summed E-state index contributed by atoms with van der Waals surface area (Å²) >= 11 is 0. The van der Waals surface area contributed by atoms with Crippen molar-refractivity contribution >= 4 is 0 Å². The van der Waals surface area contributed by atoms with E-state index in [-0.39, 0.29) is 16.7 Å². The summed E-state index contributed by atoms with van der Waals surface area (Å²) in [6.45, 7) is 9.38. The molecule has 3 fully saturated rings. The van der Waals surface area contributed by atoms with E-state index in [0.29, 0.717) is 29.9 Å². The number of nitriles is 1. The van der Waals surface area contributed by atoms with Crippen molar-refractivity contribution in [3.8, 4) is 6.07 Å². The fourth-order valence-electron chi connectivity index (χ4n) is 8.92. The van der Waals surface area contributed by atoms with Crippen LogP contribution in [0.2, 0.25) is 0 Å². The van der Waals surface area contributed by atoms with E-state index in [9.17, 15) is 10.2 Å². The third kappa shape index (κ3) is 3.69. The van der Waals surface area contributed by atoms with E-state index in [1.807, 2.05) is 13.8 Å². The van der Waals surface area contributed by atoms with Crippen LogP contribution in [-0.2, 0) is 6.54 Å². The van der Waals surface area contributed by atoms with Crippen LogP contribution in [0.1, 0.15) is 91.0 Å². The Labute approximate surface area is 198 Å². The van der Waals surface area contributed by atoms with Crippen molar-refractivity contribution in [3.63, 3.8) is 0 Å². The first kappa shape index (κ1) is 23.1. The fourth-order valence-corrected chi connectivity index (χ4v) is 8.92. The van der Waals surface area contributed by atoms with Crippen LogP contribution in [0.4, 0.5) is 0 Å². The van der Waals surface area contributed by atoms with Gasteiger partial charge in [0.05, 0.1) is 29.5 Å². The van der Waals surface area contributed by atoms with Crippen molar-refractivity contribution in [1.82, 2.24) is 9.78 Å². The number of fused-ring (bicyclic) bond motifs is 5. The molecule has 0 radical (unpaired) electrons. The van der Waals surface area contributed by atoms with Gasteiger partial charge in [-0.25, -0.2) is 0 Å². The summed E-state index contributed by atoms with van der Waals surface area (Å²) in [5.74, 6) is 2.24.